The molecule has 0 bridgehead atoms. The van der Waals surface area contributed by atoms with Gasteiger partial charge in [-0.25, -0.2) is 0 Å². The average Bonchev–Trinajstić information content (AvgIpc) is 3.36. The van der Waals surface area contributed by atoms with E-state index in [2.05, 4.69) is 42.8 Å². The number of amides is 2. The summed E-state index contributed by atoms with van der Waals surface area (Å²) in [6.07, 6.45) is 1.31. The SMILES string of the molecule is C=C1CC[C@H](N2Cc3c(csc3COc3ccc(CN4C(C)COCC4C)cc3)C2=O)C(=O)N1. The topological polar surface area (TPSA) is 71.1 Å². The summed E-state index contributed by atoms with van der Waals surface area (Å²) in [5.74, 6) is 0.596. The lowest BCUT2D eigenvalue weighted by Crippen LogP contribution is -2.49. The minimum absolute atomic E-state index is 0.0684. The largest absolute Gasteiger partial charge is 0.488 e. The predicted octanol–water partition coefficient (Wildman–Crippen LogP) is 3.68. The van der Waals surface area contributed by atoms with Gasteiger partial charge in [0, 0.05) is 46.7 Å². The lowest BCUT2D eigenvalue weighted by atomic mass is 10.0. The van der Waals surface area contributed by atoms with Crippen molar-refractivity contribution < 1.29 is 19.1 Å². The average molecular weight is 482 g/mol. The van der Waals surface area contributed by atoms with Crippen molar-refractivity contribution in [1.29, 1.82) is 0 Å². The van der Waals surface area contributed by atoms with Crippen molar-refractivity contribution in [2.24, 2.45) is 0 Å². The highest BCUT2D eigenvalue weighted by Crippen LogP contribution is 2.34. The first kappa shape index (κ1) is 23.1. The van der Waals surface area contributed by atoms with E-state index in [4.69, 9.17) is 9.47 Å². The van der Waals surface area contributed by atoms with Gasteiger partial charge in [0.25, 0.3) is 5.91 Å². The van der Waals surface area contributed by atoms with Crippen LogP contribution in [0.15, 0.2) is 41.9 Å². The lowest BCUT2D eigenvalue weighted by molar-refractivity contribution is -0.126. The summed E-state index contributed by atoms with van der Waals surface area (Å²) in [4.78, 5) is 30.5. The van der Waals surface area contributed by atoms with Gasteiger partial charge < -0.3 is 19.7 Å². The van der Waals surface area contributed by atoms with Gasteiger partial charge in [0.15, 0.2) is 0 Å². The number of benzene rings is 1. The molecule has 1 N–H and O–H groups in total. The number of hydrogen-bond donors (Lipinski definition) is 1. The summed E-state index contributed by atoms with van der Waals surface area (Å²) in [5, 5.41) is 4.68. The Morgan fingerprint density at radius 2 is 1.91 bits per heavy atom. The number of carbonyl (C=O) groups is 2. The number of fused-ring (bicyclic) bond motifs is 1. The smallest absolute Gasteiger partial charge is 0.256 e. The zero-order chi connectivity index (χ0) is 23.8. The molecule has 2 aromatic rings. The van der Waals surface area contributed by atoms with Crippen molar-refractivity contribution in [2.75, 3.05) is 13.2 Å². The van der Waals surface area contributed by atoms with Gasteiger partial charge in [-0.05, 0) is 44.4 Å². The molecule has 2 fully saturated rings. The van der Waals surface area contributed by atoms with E-state index in [1.165, 1.54) is 5.56 Å². The van der Waals surface area contributed by atoms with Crippen LogP contribution in [0.25, 0.3) is 0 Å². The molecule has 3 aliphatic heterocycles. The number of morpholine rings is 1. The van der Waals surface area contributed by atoms with Crippen LogP contribution in [0.3, 0.4) is 0 Å². The quantitative estimate of drug-likeness (QED) is 0.682. The molecular formula is C26H31N3O4S. The molecule has 0 radical (unpaired) electrons. The van der Waals surface area contributed by atoms with Crippen LogP contribution in [-0.4, -0.2) is 53.0 Å². The van der Waals surface area contributed by atoms with E-state index in [0.717, 1.165) is 41.6 Å². The molecule has 3 aliphatic rings. The van der Waals surface area contributed by atoms with E-state index in [1.807, 2.05) is 17.5 Å². The number of thiophene rings is 1. The van der Waals surface area contributed by atoms with E-state index < -0.39 is 6.04 Å². The first-order valence-electron chi connectivity index (χ1n) is 11.8. The minimum atomic E-state index is -0.436. The van der Waals surface area contributed by atoms with Crippen molar-refractivity contribution in [3.63, 3.8) is 0 Å². The maximum absolute atomic E-state index is 12.9. The Kier molecular flexibility index (Phi) is 6.46. The van der Waals surface area contributed by atoms with Crippen LogP contribution in [0.1, 0.15) is 53.1 Å². The first-order chi connectivity index (χ1) is 16.4. The van der Waals surface area contributed by atoms with Gasteiger partial charge in [-0.2, -0.15) is 0 Å². The second kappa shape index (κ2) is 9.52. The van der Waals surface area contributed by atoms with Crippen LogP contribution in [0, 0.1) is 0 Å². The molecule has 1 aromatic carbocycles. The van der Waals surface area contributed by atoms with Crippen LogP contribution in [0.2, 0.25) is 0 Å². The molecule has 4 heterocycles. The number of allylic oxidation sites excluding steroid dienone is 1. The lowest BCUT2D eigenvalue weighted by Gasteiger charge is -2.38. The van der Waals surface area contributed by atoms with Gasteiger partial charge >= 0.3 is 0 Å². The molecule has 0 aliphatic carbocycles. The van der Waals surface area contributed by atoms with Crippen molar-refractivity contribution in [1.82, 2.24) is 15.1 Å². The number of nitrogens with one attached hydrogen (secondary N) is 1. The summed E-state index contributed by atoms with van der Waals surface area (Å²) < 4.78 is 11.7. The fourth-order valence-electron chi connectivity index (χ4n) is 5.00. The number of carbonyl (C=O) groups excluding carboxylic acids is 2. The summed E-state index contributed by atoms with van der Waals surface area (Å²) >= 11 is 1.55. The van der Waals surface area contributed by atoms with Crippen LogP contribution < -0.4 is 10.1 Å². The van der Waals surface area contributed by atoms with Crippen molar-refractivity contribution >= 4 is 23.2 Å². The van der Waals surface area contributed by atoms with E-state index in [1.54, 1.807) is 16.2 Å². The highest BCUT2D eigenvalue weighted by atomic mass is 32.1. The third-order valence-electron chi connectivity index (χ3n) is 7.01. The number of hydrogen-bond acceptors (Lipinski definition) is 6. The monoisotopic (exact) mass is 481 g/mol. The Morgan fingerprint density at radius 1 is 1.18 bits per heavy atom. The summed E-state index contributed by atoms with van der Waals surface area (Å²) in [6.45, 7) is 11.5. The Balaban J connectivity index is 1.20. The molecule has 2 amide bonds. The molecule has 3 atom stereocenters. The summed E-state index contributed by atoms with van der Waals surface area (Å²) in [5.41, 5.74) is 3.65. The first-order valence-corrected chi connectivity index (χ1v) is 12.7. The van der Waals surface area contributed by atoms with Crippen molar-refractivity contribution in [3.8, 4) is 5.75 Å². The molecule has 1 aromatic heterocycles. The maximum Gasteiger partial charge on any atom is 0.256 e. The number of nitrogens with zero attached hydrogens (tertiary/aromatic N) is 2. The van der Waals surface area contributed by atoms with Crippen LogP contribution >= 0.6 is 11.3 Å². The Hall–Kier alpha value is -2.68. The van der Waals surface area contributed by atoms with Crippen LogP contribution in [0.4, 0.5) is 0 Å². The predicted molar refractivity (Wildman–Crippen MR) is 131 cm³/mol. The molecule has 7 nitrogen and oxygen atoms in total. The Labute approximate surface area is 204 Å². The zero-order valence-corrected chi connectivity index (χ0v) is 20.5. The van der Waals surface area contributed by atoms with E-state index >= 15 is 0 Å². The second-order valence-corrected chi connectivity index (χ2v) is 10.4. The van der Waals surface area contributed by atoms with Crippen molar-refractivity contribution in [2.45, 2.75) is 64.5 Å². The molecule has 8 heteroatoms. The maximum atomic E-state index is 12.9. The van der Waals surface area contributed by atoms with E-state index in [9.17, 15) is 9.59 Å². The van der Waals surface area contributed by atoms with Gasteiger partial charge in [0.05, 0.1) is 18.8 Å². The molecule has 5 rings (SSSR count). The van der Waals surface area contributed by atoms with Gasteiger partial charge in [0.2, 0.25) is 5.91 Å². The van der Waals surface area contributed by atoms with Gasteiger partial charge in [0.1, 0.15) is 18.4 Å². The summed E-state index contributed by atoms with van der Waals surface area (Å²) in [7, 11) is 0. The van der Waals surface area contributed by atoms with Gasteiger partial charge in [-0.3, -0.25) is 14.5 Å². The zero-order valence-electron chi connectivity index (χ0n) is 19.7. The molecule has 180 valence electrons. The summed E-state index contributed by atoms with van der Waals surface area (Å²) in [6, 6.07) is 8.62. The van der Waals surface area contributed by atoms with Gasteiger partial charge in [-0.15, -0.1) is 11.3 Å². The molecule has 0 spiro atoms. The molecular weight excluding hydrogens is 450 g/mol. The number of rotatable bonds is 6. The third-order valence-corrected chi connectivity index (χ3v) is 8.01. The highest BCUT2D eigenvalue weighted by molar-refractivity contribution is 7.10. The fourth-order valence-corrected chi connectivity index (χ4v) is 5.95. The van der Waals surface area contributed by atoms with Gasteiger partial charge in [-0.1, -0.05) is 18.7 Å². The fraction of sp³-hybridized carbons (Fsp3) is 0.462. The van der Waals surface area contributed by atoms with Crippen LogP contribution in [-0.2, 0) is 29.2 Å². The standard InChI is InChI=1S/C26H31N3O4S/c1-16-4-9-23(25(30)27-16)29-11-21-22(26(29)31)15-34-24(21)14-33-20-7-5-19(6-8-20)10-28-17(2)12-32-13-18(28)3/h5-8,15,17-18,23H,1,4,9-14H2,2-3H3,(H,27,30)/t17?,18?,23-/m0/s1. The minimum Gasteiger partial charge on any atom is -0.488 e. The molecule has 2 saturated heterocycles. The molecule has 0 saturated carbocycles. The number of ether oxygens (including phenoxy) is 2. The van der Waals surface area contributed by atoms with E-state index in [-0.39, 0.29) is 11.8 Å². The van der Waals surface area contributed by atoms with E-state index in [0.29, 0.717) is 43.6 Å². The Morgan fingerprint density at radius 3 is 2.62 bits per heavy atom. The number of piperidine rings is 1. The Bertz CT molecular complexity index is 1090. The third kappa shape index (κ3) is 4.50. The van der Waals surface area contributed by atoms with Crippen LogP contribution in [0.5, 0.6) is 5.75 Å². The molecule has 2 unspecified atom stereocenters. The molecule has 34 heavy (non-hydrogen) atoms. The van der Waals surface area contributed by atoms with Crippen molar-refractivity contribution in [3.05, 3.63) is 63.5 Å². The second-order valence-electron chi connectivity index (χ2n) is 9.47. The highest BCUT2D eigenvalue weighted by Gasteiger charge is 2.39. The normalized spacial score (nSPS) is 25.4.